The van der Waals surface area contributed by atoms with Gasteiger partial charge in [-0.2, -0.15) is 5.06 Å². The largest absolute Gasteiger partial charge is 0.497 e. The molecule has 0 saturated heterocycles. The zero-order valence-electron chi connectivity index (χ0n) is 20.9. The molecule has 37 heavy (non-hydrogen) atoms. The van der Waals surface area contributed by atoms with E-state index in [1.165, 1.54) is 0 Å². The van der Waals surface area contributed by atoms with Crippen molar-refractivity contribution >= 4 is 22.6 Å². The minimum atomic E-state index is -0.774. The highest BCUT2D eigenvalue weighted by Gasteiger charge is 2.22. The van der Waals surface area contributed by atoms with Crippen LogP contribution in [0.15, 0.2) is 91.0 Å². The Bertz CT molecular complexity index is 1360. The summed E-state index contributed by atoms with van der Waals surface area (Å²) >= 11 is 0. The Morgan fingerprint density at radius 1 is 0.838 bits per heavy atom. The van der Waals surface area contributed by atoms with Gasteiger partial charge in [0.05, 0.1) is 13.2 Å². The molecule has 0 aliphatic heterocycles. The average molecular weight is 499 g/mol. The molecule has 7 nitrogen and oxygen atoms in total. The number of urea groups is 1. The number of hydrogen-bond acceptors (Lipinski definition) is 5. The van der Waals surface area contributed by atoms with Gasteiger partial charge in [0, 0.05) is 6.42 Å². The standard InChI is InChI=1S/C30H30N2O5/c1-21(24-10-13-28(14-11-24)36-19-22-6-4-3-5-7-22)32(30(31)34)37-20-27(33)17-23-8-9-26-18-29(35-2)15-12-25(26)16-23/h3-16,18,21H,17,19-20H2,1-2H3,(H2,31,34). The monoisotopic (exact) mass is 498 g/mol. The molecule has 1 atom stereocenters. The lowest BCUT2D eigenvalue weighted by atomic mass is 10.0. The number of methoxy groups -OCH3 is 1. The summed E-state index contributed by atoms with van der Waals surface area (Å²) in [5, 5.41) is 3.07. The molecule has 190 valence electrons. The number of benzene rings is 4. The zero-order valence-corrected chi connectivity index (χ0v) is 20.9. The van der Waals surface area contributed by atoms with Crippen LogP contribution in [-0.2, 0) is 22.7 Å². The first kappa shape index (κ1) is 25.7. The molecule has 0 aromatic heterocycles. The van der Waals surface area contributed by atoms with E-state index in [2.05, 4.69) is 0 Å². The van der Waals surface area contributed by atoms with Gasteiger partial charge in [-0.3, -0.25) is 9.63 Å². The van der Waals surface area contributed by atoms with Gasteiger partial charge in [-0.15, -0.1) is 0 Å². The van der Waals surface area contributed by atoms with Gasteiger partial charge in [0.2, 0.25) is 0 Å². The van der Waals surface area contributed by atoms with Gasteiger partial charge in [-0.05, 0) is 58.7 Å². The number of nitrogens with two attached hydrogens (primary N) is 1. The molecular weight excluding hydrogens is 468 g/mol. The summed E-state index contributed by atoms with van der Waals surface area (Å²) in [7, 11) is 1.63. The predicted octanol–water partition coefficient (Wildman–Crippen LogP) is 5.61. The highest BCUT2D eigenvalue weighted by Crippen LogP contribution is 2.24. The van der Waals surface area contributed by atoms with Crippen molar-refractivity contribution in [1.82, 2.24) is 5.06 Å². The zero-order chi connectivity index (χ0) is 26.2. The van der Waals surface area contributed by atoms with Crippen molar-refractivity contribution in [3.63, 3.8) is 0 Å². The molecule has 0 saturated carbocycles. The molecule has 1 unspecified atom stereocenters. The quantitative estimate of drug-likeness (QED) is 0.271. The Kier molecular flexibility index (Phi) is 8.38. The molecule has 4 aromatic carbocycles. The molecule has 0 fully saturated rings. The van der Waals surface area contributed by atoms with Crippen LogP contribution in [0.3, 0.4) is 0 Å². The van der Waals surface area contributed by atoms with Crippen LogP contribution in [0, 0.1) is 0 Å². The molecular formula is C30H30N2O5. The number of Topliss-reactive ketones (excluding diaryl/α,β-unsaturated/α-hetero) is 1. The number of hydrogen-bond donors (Lipinski definition) is 1. The van der Waals surface area contributed by atoms with Gasteiger partial charge in [0.1, 0.15) is 24.7 Å². The molecule has 0 aliphatic carbocycles. The van der Waals surface area contributed by atoms with Crippen molar-refractivity contribution in [2.24, 2.45) is 5.73 Å². The lowest BCUT2D eigenvalue weighted by Gasteiger charge is -2.26. The number of fused-ring (bicyclic) bond motifs is 1. The Labute approximate surface area is 216 Å². The van der Waals surface area contributed by atoms with Crippen LogP contribution in [0.25, 0.3) is 10.8 Å². The summed E-state index contributed by atoms with van der Waals surface area (Å²) in [6, 6.07) is 27.5. The average Bonchev–Trinajstić information content (AvgIpc) is 2.92. The maximum absolute atomic E-state index is 12.6. The fourth-order valence-electron chi connectivity index (χ4n) is 4.02. The first-order chi connectivity index (χ1) is 17.9. The topological polar surface area (TPSA) is 91.1 Å². The van der Waals surface area contributed by atoms with Crippen LogP contribution in [0.1, 0.15) is 29.7 Å². The number of primary amides is 1. The van der Waals surface area contributed by atoms with Crippen molar-refractivity contribution in [3.8, 4) is 11.5 Å². The molecule has 0 heterocycles. The predicted molar refractivity (Wildman–Crippen MR) is 142 cm³/mol. The molecule has 7 heteroatoms. The Hall–Kier alpha value is -4.36. The number of ether oxygens (including phenoxy) is 2. The van der Waals surface area contributed by atoms with Crippen LogP contribution in [0.4, 0.5) is 4.79 Å². The second-order valence-corrected chi connectivity index (χ2v) is 8.72. The van der Waals surface area contributed by atoms with Gasteiger partial charge < -0.3 is 15.2 Å². The maximum Gasteiger partial charge on any atom is 0.339 e. The van der Waals surface area contributed by atoms with Crippen molar-refractivity contribution in [2.75, 3.05) is 13.7 Å². The lowest BCUT2D eigenvalue weighted by molar-refractivity contribution is -0.156. The van der Waals surface area contributed by atoms with Crippen LogP contribution in [0.2, 0.25) is 0 Å². The third kappa shape index (κ3) is 6.86. The third-order valence-electron chi connectivity index (χ3n) is 6.06. The van der Waals surface area contributed by atoms with E-state index in [0.717, 1.165) is 38.3 Å². The minimum absolute atomic E-state index is 0.170. The minimum Gasteiger partial charge on any atom is -0.497 e. The van der Waals surface area contributed by atoms with E-state index in [9.17, 15) is 9.59 Å². The van der Waals surface area contributed by atoms with Gasteiger partial charge >= 0.3 is 6.03 Å². The molecule has 0 bridgehead atoms. The van der Waals surface area contributed by atoms with Crippen LogP contribution in [0.5, 0.6) is 11.5 Å². The highest BCUT2D eigenvalue weighted by atomic mass is 16.7. The van der Waals surface area contributed by atoms with E-state index in [4.69, 9.17) is 20.0 Å². The van der Waals surface area contributed by atoms with Gasteiger partial charge in [-0.25, -0.2) is 4.79 Å². The fraction of sp³-hybridized carbons (Fsp3) is 0.200. The molecule has 2 amide bonds. The summed E-state index contributed by atoms with van der Waals surface area (Å²) in [5.41, 5.74) is 8.28. The normalized spacial score (nSPS) is 11.6. The van der Waals surface area contributed by atoms with Gasteiger partial charge in [0.25, 0.3) is 0 Å². The maximum atomic E-state index is 12.6. The smallest absolute Gasteiger partial charge is 0.339 e. The van der Waals surface area contributed by atoms with E-state index in [1.54, 1.807) is 14.0 Å². The lowest BCUT2D eigenvalue weighted by Crippen LogP contribution is -2.39. The summed E-state index contributed by atoms with van der Waals surface area (Å²) in [6.07, 6.45) is 0.177. The first-order valence-corrected chi connectivity index (χ1v) is 12.0. The first-order valence-electron chi connectivity index (χ1n) is 12.0. The van der Waals surface area contributed by atoms with E-state index in [-0.39, 0.29) is 18.8 Å². The molecule has 4 rings (SSSR count). The fourth-order valence-corrected chi connectivity index (χ4v) is 4.02. The third-order valence-corrected chi connectivity index (χ3v) is 6.06. The van der Waals surface area contributed by atoms with Gasteiger partial charge in [0.15, 0.2) is 5.78 Å². The summed E-state index contributed by atoms with van der Waals surface area (Å²) < 4.78 is 11.1. The molecule has 0 spiro atoms. The van der Waals surface area contributed by atoms with E-state index < -0.39 is 12.1 Å². The number of ketones is 1. The number of hydroxylamine groups is 2. The van der Waals surface area contributed by atoms with Crippen molar-refractivity contribution in [2.45, 2.75) is 26.0 Å². The second-order valence-electron chi connectivity index (χ2n) is 8.72. The number of nitrogens with zero attached hydrogens (tertiary/aromatic N) is 1. The molecule has 4 aromatic rings. The van der Waals surface area contributed by atoms with Crippen LogP contribution >= 0.6 is 0 Å². The van der Waals surface area contributed by atoms with Crippen molar-refractivity contribution in [1.29, 1.82) is 0 Å². The Balaban J connectivity index is 1.33. The molecule has 0 radical (unpaired) electrons. The summed E-state index contributed by atoms with van der Waals surface area (Å²) in [4.78, 5) is 30.3. The number of carbonyl (C=O) groups excluding carboxylic acids is 2. The molecule has 0 aliphatic rings. The van der Waals surface area contributed by atoms with E-state index in [0.29, 0.717) is 12.4 Å². The highest BCUT2D eigenvalue weighted by molar-refractivity contribution is 5.87. The summed E-state index contributed by atoms with van der Waals surface area (Å²) in [6.45, 7) is 1.97. The Morgan fingerprint density at radius 2 is 1.51 bits per heavy atom. The van der Waals surface area contributed by atoms with Gasteiger partial charge in [-0.1, -0.05) is 66.7 Å². The van der Waals surface area contributed by atoms with Crippen molar-refractivity contribution < 1.29 is 23.9 Å². The second kappa shape index (κ2) is 12.1. The summed E-state index contributed by atoms with van der Waals surface area (Å²) in [5.74, 6) is 1.31. The van der Waals surface area contributed by atoms with Crippen molar-refractivity contribution in [3.05, 3.63) is 108 Å². The van der Waals surface area contributed by atoms with E-state index in [1.807, 2.05) is 91.0 Å². The Morgan fingerprint density at radius 3 is 2.22 bits per heavy atom. The SMILES string of the molecule is COc1ccc2cc(CC(=O)CON(C(N)=O)C(C)c3ccc(OCc4ccccc4)cc3)ccc2c1. The van der Waals surface area contributed by atoms with Crippen LogP contribution < -0.4 is 15.2 Å². The molecule has 2 N–H and O–H groups in total. The van der Waals surface area contributed by atoms with Crippen LogP contribution in [-0.4, -0.2) is 30.6 Å². The number of rotatable bonds is 11. The number of amides is 2. The van der Waals surface area contributed by atoms with E-state index >= 15 is 0 Å². The number of carbonyl (C=O) groups is 2.